The predicted molar refractivity (Wildman–Crippen MR) is 147 cm³/mol. The number of aromatic nitrogens is 1. The summed E-state index contributed by atoms with van der Waals surface area (Å²) >= 11 is 0. The normalized spacial score (nSPS) is 18.3. The predicted octanol–water partition coefficient (Wildman–Crippen LogP) is 4.41. The molecule has 1 aromatic heterocycles. The third kappa shape index (κ3) is 5.10. The number of fused-ring (bicyclic) bond motifs is 1. The van der Waals surface area contributed by atoms with Crippen molar-refractivity contribution >= 4 is 28.5 Å². The van der Waals surface area contributed by atoms with Crippen LogP contribution in [0.15, 0.2) is 42.5 Å². The van der Waals surface area contributed by atoms with Crippen molar-refractivity contribution in [3.8, 4) is 0 Å². The van der Waals surface area contributed by atoms with Gasteiger partial charge in [-0.3, -0.25) is 19.3 Å². The van der Waals surface area contributed by atoms with Crippen LogP contribution in [0.4, 0.5) is 4.39 Å². The van der Waals surface area contributed by atoms with Crippen molar-refractivity contribution in [2.24, 2.45) is 7.05 Å². The van der Waals surface area contributed by atoms with E-state index in [1.165, 1.54) is 17.0 Å². The van der Waals surface area contributed by atoms with Crippen molar-refractivity contribution in [3.05, 3.63) is 70.7 Å². The van der Waals surface area contributed by atoms with Crippen LogP contribution in [0, 0.1) is 12.7 Å². The molecule has 1 fully saturated rings. The molecule has 0 saturated carbocycles. The Labute approximate surface area is 223 Å². The molecule has 3 aromatic rings. The summed E-state index contributed by atoms with van der Waals surface area (Å²) in [6.07, 6.45) is 0. The fraction of sp³-hybridized carbons (Fsp3) is 0.433. The van der Waals surface area contributed by atoms with Crippen LogP contribution < -0.4 is 0 Å². The van der Waals surface area contributed by atoms with Crippen LogP contribution in [-0.2, 0) is 18.4 Å². The van der Waals surface area contributed by atoms with Gasteiger partial charge in [0.15, 0.2) is 0 Å². The zero-order valence-corrected chi connectivity index (χ0v) is 23.3. The average molecular weight is 521 g/mol. The van der Waals surface area contributed by atoms with Gasteiger partial charge in [0, 0.05) is 74.0 Å². The van der Waals surface area contributed by atoms with E-state index in [1.54, 1.807) is 31.3 Å². The van der Waals surface area contributed by atoms with Gasteiger partial charge in [-0.15, -0.1) is 0 Å². The monoisotopic (exact) mass is 520 g/mol. The second kappa shape index (κ2) is 10.7. The molecular weight excluding hydrogens is 483 g/mol. The molecule has 2 heterocycles. The number of ketones is 1. The number of rotatable bonds is 6. The van der Waals surface area contributed by atoms with Gasteiger partial charge >= 0.3 is 0 Å². The van der Waals surface area contributed by atoms with Crippen LogP contribution in [0.25, 0.3) is 10.9 Å². The fourth-order valence-corrected chi connectivity index (χ4v) is 5.17. The molecule has 2 atom stereocenters. The quantitative estimate of drug-likeness (QED) is 0.357. The van der Waals surface area contributed by atoms with E-state index < -0.39 is 11.7 Å². The number of halogens is 1. The molecule has 0 bridgehead atoms. The fourth-order valence-electron chi connectivity index (χ4n) is 5.17. The Morgan fingerprint density at radius 3 is 2.32 bits per heavy atom. The van der Waals surface area contributed by atoms with Crippen molar-refractivity contribution in [3.63, 3.8) is 0 Å². The summed E-state index contributed by atoms with van der Waals surface area (Å²) in [5, 5.41) is 0.675. The molecule has 2 amide bonds. The highest BCUT2D eigenvalue weighted by Gasteiger charge is 2.34. The second-order valence-electron chi connectivity index (χ2n) is 10.8. The minimum atomic E-state index is -0.584. The van der Waals surface area contributed by atoms with Crippen molar-refractivity contribution in [2.45, 2.75) is 59.3 Å². The Bertz CT molecular complexity index is 1380. The van der Waals surface area contributed by atoms with E-state index in [0.717, 1.165) is 16.8 Å². The Morgan fingerprint density at radius 1 is 1.03 bits per heavy atom. The molecule has 1 aliphatic rings. The molecule has 0 N–H and O–H groups in total. The lowest BCUT2D eigenvalue weighted by Crippen LogP contribution is -2.57. The van der Waals surface area contributed by atoms with Crippen molar-refractivity contribution in [1.29, 1.82) is 0 Å². The lowest BCUT2D eigenvalue weighted by molar-refractivity contribution is -0.126. The molecule has 2 aromatic carbocycles. The standard InChI is InChI=1S/C30H37FN4O3/c1-18(2)32(6)30(38)28(36)23-10-13-26-25(14-23)27(21(5)33(26)7)29(37)35-16-19(3)34(15-20(35)4)17-22-8-11-24(31)12-9-22/h8-14,18-20H,15-17H2,1-7H3. The summed E-state index contributed by atoms with van der Waals surface area (Å²) in [5.74, 6) is -1.49. The Hall–Kier alpha value is -3.52. The van der Waals surface area contributed by atoms with Crippen LogP contribution in [-0.4, -0.2) is 75.1 Å². The molecular formula is C30H37FN4O3. The Kier molecular flexibility index (Phi) is 7.74. The smallest absolute Gasteiger partial charge is 0.294 e. The summed E-state index contributed by atoms with van der Waals surface area (Å²) in [7, 11) is 3.52. The zero-order chi connectivity index (χ0) is 27.9. The van der Waals surface area contributed by atoms with Gasteiger partial charge in [-0.2, -0.15) is 0 Å². The van der Waals surface area contributed by atoms with Crippen LogP contribution >= 0.6 is 0 Å². The number of nitrogens with zero attached hydrogens (tertiary/aromatic N) is 4. The number of benzene rings is 2. The van der Waals surface area contributed by atoms with Gasteiger partial charge in [-0.25, -0.2) is 4.39 Å². The molecule has 7 nitrogen and oxygen atoms in total. The Balaban J connectivity index is 1.61. The van der Waals surface area contributed by atoms with E-state index in [-0.39, 0.29) is 35.4 Å². The van der Waals surface area contributed by atoms with Crippen LogP contribution in [0.1, 0.15) is 59.7 Å². The largest absolute Gasteiger partial charge is 0.347 e. The number of carbonyl (C=O) groups is 3. The maximum absolute atomic E-state index is 14.0. The molecule has 1 saturated heterocycles. The lowest BCUT2D eigenvalue weighted by Gasteiger charge is -2.44. The molecule has 0 aliphatic carbocycles. The number of hydrogen-bond acceptors (Lipinski definition) is 4. The number of amides is 2. The van der Waals surface area contributed by atoms with Crippen molar-refractivity contribution in [2.75, 3.05) is 20.1 Å². The minimum Gasteiger partial charge on any atom is -0.347 e. The van der Waals surface area contributed by atoms with Gasteiger partial charge in [0.2, 0.25) is 5.78 Å². The van der Waals surface area contributed by atoms with Gasteiger partial charge in [0.25, 0.3) is 11.8 Å². The van der Waals surface area contributed by atoms with E-state index in [4.69, 9.17) is 0 Å². The third-order valence-corrected chi connectivity index (χ3v) is 7.93. The number of piperazine rings is 1. The average Bonchev–Trinajstić information content (AvgIpc) is 3.14. The molecule has 1 aliphatic heterocycles. The van der Waals surface area contributed by atoms with E-state index in [9.17, 15) is 18.8 Å². The lowest BCUT2D eigenvalue weighted by atomic mass is 10.0. The van der Waals surface area contributed by atoms with Gasteiger partial charge < -0.3 is 14.4 Å². The van der Waals surface area contributed by atoms with Crippen molar-refractivity contribution in [1.82, 2.24) is 19.3 Å². The molecule has 2 unspecified atom stereocenters. The first kappa shape index (κ1) is 27.5. The van der Waals surface area contributed by atoms with Crippen LogP contribution in [0.2, 0.25) is 0 Å². The van der Waals surface area contributed by atoms with E-state index in [0.29, 0.717) is 30.6 Å². The first-order valence-electron chi connectivity index (χ1n) is 13.1. The first-order valence-corrected chi connectivity index (χ1v) is 13.1. The van der Waals surface area contributed by atoms with Crippen LogP contribution in [0.5, 0.6) is 0 Å². The van der Waals surface area contributed by atoms with E-state index >= 15 is 0 Å². The number of likely N-dealkylation sites (N-methyl/N-ethyl adjacent to an activating group) is 1. The molecule has 0 radical (unpaired) electrons. The van der Waals surface area contributed by atoms with E-state index in [2.05, 4.69) is 11.8 Å². The summed E-state index contributed by atoms with van der Waals surface area (Å²) in [5.41, 5.74) is 3.52. The summed E-state index contributed by atoms with van der Waals surface area (Å²) in [4.78, 5) is 45.3. The molecule has 4 rings (SSSR count). The van der Waals surface area contributed by atoms with Gasteiger partial charge in [-0.05, 0) is 70.5 Å². The summed E-state index contributed by atoms with van der Waals surface area (Å²) < 4.78 is 15.3. The molecule has 202 valence electrons. The second-order valence-corrected chi connectivity index (χ2v) is 10.8. The first-order chi connectivity index (χ1) is 17.9. The zero-order valence-electron chi connectivity index (χ0n) is 23.3. The highest BCUT2D eigenvalue weighted by molar-refractivity contribution is 6.43. The molecule has 8 heteroatoms. The SMILES string of the molecule is Cc1c(C(=O)N2CC(C)N(Cc3ccc(F)cc3)CC2C)c2cc(C(=O)C(=O)N(C)C(C)C)ccc2n1C. The number of aryl methyl sites for hydroxylation is 1. The van der Waals surface area contributed by atoms with Crippen molar-refractivity contribution < 1.29 is 18.8 Å². The number of carbonyl (C=O) groups excluding carboxylic acids is 3. The van der Waals surface area contributed by atoms with E-state index in [1.807, 2.05) is 50.3 Å². The number of hydrogen-bond donors (Lipinski definition) is 0. The van der Waals surface area contributed by atoms with Gasteiger partial charge in [0.1, 0.15) is 5.82 Å². The maximum Gasteiger partial charge on any atom is 0.294 e. The third-order valence-electron chi connectivity index (χ3n) is 7.93. The number of Topliss-reactive ketones (excluding diaryl/α,β-unsaturated/α-hetero) is 1. The summed E-state index contributed by atoms with van der Waals surface area (Å²) in [6, 6.07) is 11.7. The minimum absolute atomic E-state index is 0.0418. The highest BCUT2D eigenvalue weighted by atomic mass is 19.1. The summed E-state index contributed by atoms with van der Waals surface area (Å²) in [6.45, 7) is 11.7. The van der Waals surface area contributed by atoms with Gasteiger partial charge in [-0.1, -0.05) is 12.1 Å². The maximum atomic E-state index is 14.0. The highest BCUT2D eigenvalue weighted by Crippen LogP contribution is 2.30. The van der Waals surface area contributed by atoms with Crippen LogP contribution in [0.3, 0.4) is 0 Å². The Morgan fingerprint density at radius 2 is 1.68 bits per heavy atom. The molecule has 38 heavy (non-hydrogen) atoms. The van der Waals surface area contributed by atoms with Gasteiger partial charge in [0.05, 0.1) is 5.56 Å². The topological polar surface area (TPSA) is 65.9 Å². The molecule has 0 spiro atoms.